The van der Waals surface area contributed by atoms with Crippen LogP contribution in [0.4, 0.5) is 0 Å². The molecule has 6 nitrogen and oxygen atoms in total. The zero-order valence-corrected chi connectivity index (χ0v) is 15.2. The van der Waals surface area contributed by atoms with Crippen molar-refractivity contribution in [3.8, 4) is 23.0 Å². The minimum atomic E-state index is -0.521. The molecule has 2 aromatic rings. The van der Waals surface area contributed by atoms with E-state index in [0.717, 1.165) is 31.4 Å². The van der Waals surface area contributed by atoms with Crippen LogP contribution in [0.5, 0.6) is 23.0 Å². The molecule has 0 saturated carbocycles. The van der Waals surface area contributed by atoms with Gasteiger partial charge in [0.1, 0.15) is 34.7 Å². The van der Waals surface area contributed by atoms with Crippen LogP contribution in [0.2, 0.25) is 0 Å². The number of benzene rings is 2. The van der Waals surface area contributed by atoms with E-state index in [9.17, 15) is 20.1 Å². The molecule has 2 atom stereocenters. The third-order valence-electron chi connectivity index (χ3n) is 5.57. The van der Waals surface area contributed by atoms with Gasteiger partial charge in [-0.1, -0.05) is 18.6 Å². The summed E-state index contributed by atoms with van der Waals surface area (Å²) < 4.78 is 5.92. The van der Waals surface area contributed by atoms with E-state index in [-0.39, 0.29) is 46.8 Å². The lowest BCUT2D eigenvalue weighted by Gasteiger charge is -2.35. The highest BCUT2D eigenvalue weighted by atomic mass is 16.5. The van der Waals surface area contributed by atoms with Gasteiger partial charge in [-0.05, 0) is 44.1 Å². The van der Waals surface area contributed by atoms with Gasteiger partial charge in [-0.2, -0.15) is 0 Å². The Morgan fingerprint density at radius 2 is 1.85 bits per heavy atom. The molecule has 0 bridgehead atoms. The second kappa shape index (κ2) is 6.78. The van der Waals surface area contributed by atoms with Gasteiger partial charge in [-0.25, -0.2) is 0 Å². The van der Waals surface area contributed by atoms with Crippen molar-refractivity contribution in [2.45, 2.75) is 37.8 Å². The molecular formula is C21H23NO5. The fourth-order valence-corrected chi connectivity index (χ4v) is 4.12. The van der Waals surface area contributed by atoms with E-state index in [2.05, 4.69) is 4.90 Å². The number of piperidine rings is 1. The van der Waals surface area contributed by atoms with E-state index < -0.39 is 6.10 Å². The van der Waals surface area contributed by atoms with Crippen LogP contribution in [0, 0.1) is 0 Å². The average molecular weight is 369 g/mol. The molecule has 0 spiro atoms. The van der Waals surface area contributed by atoms with Gasteiger partial charge in [0, 0.05) is 12.1 Å². The number of hydrogen-bond acceptors (Lipinski definition) is 6. The summed E-state index contributed by atoms with van der Waals surface area (Å²) in [7, 11) is 1.96. The lowest BCUT2D eigenvalue weighted by atomic mass is 9.89. The van der Waals surface area contributed by atoms with Gasteiger partial charge in [-0.3, -0.25) is 9.69 Å². The summed E-state index contributed by atoms with van der Waals surface area (Å²) in [4.78, 5) is 14.9. The molecule has 2 aliphatic rings. The molecule has 1 saturated heterocycles. The number of Topliss-reactive ketones (excluding diaryl/α,β-unsaturated/α-hetero) is 1. The Balaban J connectivity index is 1.72. The van der Waals surface area contributed by atoms with Crippen molar-refractivity contribution in [1.29, 1.82) is 0 Å². The molecular weight excluding hydrogens is 346 g/mol. The molecule has 4 rings (SSSR count). The maximum absolute atomic E-state index is 12.8. The number of carbonyl (C=O) groups is 1. The summed E-state index contributed by atoms with van der Waals surface area (Å²) >= 11 is 0. The highest BCUT2D eigenvalue weighted by Gasteiger charge is 2.35. The minimum Gasteiger partial charge on any atom is -0.508 e. The molecule has 0 unspecified atom stereocenters. The van der Waals surface area contributed by atoms with Crippen LogP contribution in [-0.4, -0.2) is 39.6 Å². The molecule has 6 heteroatoms. The van der Waals surface area contributed by atoms with Crippen LogP contribution in [0.15, 0.2) is 30.3 Å². The number of fused-ring (bicyclic) bond motifs is 1. The smallest absolute Gasteiger partial charge is 0.174 e. The van der Waals surface area contributed by atoms with Crippen molar-refractivity contribution in [3.05, 3.63) is 47.0 Å². The Bertz CT molecular complexity index is 877. The van der Waals surface area contributed by atoms with Gasteiger partial charge >= 0.3 is 0 Å². The molecule has 27 heavy (non-hydrogen) atoms. The molecule has 3 N–H and O–H groups in total. The molecule has 0 radical (unpaired) electrons. The minimum absolute atomic E-state index is 0.0517. The number of ether oxygens (including phenoxy) is 1. The summed E-state index contributed by atoms with van der Waals surface area (Å²) in [6, 6.07) is 7.79. The first-order valence-corrected chi connectivity index (χ1v) is 9.23. The Morgan fingerprint density at radius 1 is 1.11 bits per heavy atom. The molecule has 0 amide bonds. The topological polar surface area (TPSA) is 90.2 Å². The molecule has 142 valence electrons. The normalized spacial score (nSPS) is 22.9. The van der Waals surface area contributed by atoms with Crippen LogP contribution in [-0.2, 0) is 0 Å². The van der Waals surface area contributed by atoms with Gasteiger partial charge in [-0.15, -0.1) is 0 Å². The first-order valence-electron chi connectivity index (χ1n) is 9.23. The maximum atomic E-state index is 12.8. The summed E-state index contributed by atoms with van der Waals surface area (Å²) in [6.07, 6.45) is 2.49. The summed E-state index contributed by atoms with van der Waals surface area (Å²) in [5, 5.41) is 30.8. The van der Waals surface area contributed by atoms with Crippen LogP contribution in [0.1, 0.15) is 59.3 Å². The Hall–Kier alpha value is -2.73. The van der Waals surface area contributed by atoms with Crippen LogP contribution >= 0.6 is 0 Å². The molecule has 2 aromatic carbocycles. The van der Waals surface area contributed by atoms with Gasteiger partial charge in [0.25, 0.3) is 0 Å². The third-order valence-corrected chi connectivity index (χ3v) is 5.57. The zero-order valence-electron chi connectivity index (χ0n) is 15.2. The highest BCUT2D eigenvalue weighted by Crippen LogP contribution is 2.48. The van der Waals surface area contributed by atoms with Crippen molar-refractivity contribution in [3.63, 3.8) is 0 Å². The zero-order chi connectivity index (χ0) is 19.1. The second-order valence-corrected chi connectivity index (χ2v) is 7.35. The Morgan fingerprint density at radius 3 is 2.56 bits per heavy atom. The number of phenolic OH excluding ortho intramolecular Hbond substituents is 3. The van der Waals surface area contributed by atoms with Crippen molar-refractivity contribution in [2.75, 3.05) is 13.6 Å². The molecule has 2 heterocycles. The van der Waals surface area contributed by atoms with E-state index in [1.165, 1.54) is 18.2 Å². The van der Waals surface area contributed by atoms with E-state index in [0.29, 0.717) is 5.56 Å². The van der Waals surface area contributed by atoms with E-state index in [1.807, 2.05) is 7.05 Å². The predicted octanol–water partition coefficient (Wildman–Crippen LogP) is 3.67. The predicted molar refractivity (Wildman–Crippen MR) is 99.4 cm³/mol. The van der Waals surface area contributed by atoms with Gasteiger partial charge in [0.2, 0.25) is 0 Å². The monoisotopic (exact) mass is 369 g/mol. The maximum Gasteiger partial charge on any atom is 0.174 e. The lowest BCUT2D eigenvalue weighted by Crippen LogP contribution is -2.30. The van der Waals surface area contributed by atoms with Gasteiger partial charge in [0.15, 0.2) is 5.78 Å². The fraction of sp³-hybridized carbons (Fsp3) is 0.381. The summed E-state index contributed by atoms with van der Waals surface area (Å²) in [5.74, 6) is -0.104. The van der Waals surface area contributed by atoms with Crippen LogP contribution in [0.3, 0.4) is 0 Å². The number of aromatic hydroxyl groups is 3. The second-order valence-electron chi connectivity index (χ2n) is 7.35. The fourth-order valence-electron chi connectivity index (χ4n) is 4.12. The van der Waals surface area contributed by atoms with Crippen molar-refractivity contribution in [1.82, 2.24) is 4.90 Å². The first-order chi connectivity index (χ1) is 13.0. The van der Waals surface area contributed by atoms with Crippen molar-refractivity contribution < 1.29 is 24.9 Å². The summed E-state index contributed by atoms with van der Waals surface area (Å²) in [6.45, 7) is 0.883. The quantitative estimate of drug-likeness (QED) is 0.748. The molecule has 2 aliphatic heterocycles. The number of phenols is 3. The van der Waals surface area contributed by atoms with Gasteiger partial charge < -0.3 is 20.1 Å². The number of carbonyl (C=O) groups excluding carboxylic acids is 1. The average Bonchev–Trinajstić information content (AvgIpc) is 2.63. The number of nitrogens with zero attached hydrogens (tertiary/aromatic N) is 1. The Labute approximate surface area is 157 Å². The number of rotatable bonds is 2. The number of hydrogen-bond donors (Lipinski definition) is 3. The number of ketones is 1. The third kappa shape index (κ3) is 3.10. The first kappa shape index (κ1) is 17.7. The van der Waals surface area contributed by atoms with Gasteiger partial charge in [0.05, 0.1) is 12.0 Å². The highest BCUT2D eigenvalue weighted by molar-refractivity contribution is 6.03. The van der Waals surface area contributed by atoms with E-state index >= 15 is 0 Å². The van der Waals surface area contributed by atoms with Crippen molar-refractivity contribution in [2.24, 2.45) is 0 Å². The van der Waals surface area contributed by atoms with Crippen LogP contribution in [0.25, 0.3) is 0 Å². The molecule has 0 aliphatic carbocycles. The van der Waals surface area contributed by atoms with Crippen LogP contribution < -0.4 is 4.74 Å². The largest absolute Gasteiger partial charge is 0.508 e. The number of likely N-dealkylation sites (tertiary alicyclic amines) is 1. The Kier molecular flexibility index (Phi) is 4.44. The SMILES string of the molecule is CN1CCCC[C@H]1c1c(O)cc2c(c1O)C(=O)C[C@@H](c1ccc(O)cc1)O2. The lowest BCUT2D eigenvalue weighted by molar-refractivity contribution is 0.0842. The van der Waals surface area contributed by atoms with Crippen molar-refractivity contribution >= 4 is 5.78 Å². The summed E-state index contributed by atoms with van der Waals surface area (Å²) in [5.41, 5.74) is 1.31. The van der Waals surface area contributed by atoms with E-state index in [1.54, 1.807) is 12.1 Å². The standard InChI is InChI=1S/C21H23NO5/c1-22-9-3-2-4-14(22)19-15(24)11-18-20(21(19)26)16(25)10-17(27-18)12-5-7-13(23)8-6-12/h5-8,11,14,17,23-24,26H,2-4,9-10H2,1H3/t14-,17-/m0/s1. The molecule has 1 fully saturated rings. The van der Waals surface area contributed by atoms with E-state index in [4.69, 9.17) is 4.74 Å². The molecule has 0 aromatic heterocycles.